The predicted molar refractivity (Wildman–Crippen MR) is 61.1 cm³/mol. The number of nitro groups is 1. The number of nitro benzene ring substituents is 1. The van der Waals surface area contributed by atoms with Gasteiger partial charge in [0.15, 0.2) is 0 Å². The Kier molecular flexibility index (Phi) is 2.89. The molecule has 0 radical (unpaired) electrons. The van der Waals surface area contributed by atoms with Crippen LogP contribution >= 0.6 is 0 Å². The van der Waals surface area contributed by atoms with Gasteiger partial charge in [0, 0.05) is 37.3 Å². The molecule has 0 amide bonds. The summed E-state index contributed by atoms with van der Waals surface area (Å²) in [5.41, 5.74) is 7.66. The third kappa shape index (κ3) is 2.05. The van der Waals surface area contributed by atoms with Crippen LogP contribution < -0.4 is 5.73 Å². The summed E-state index contributed by atoms with van der Waals surface area (Å²) in [6.45, 7) is 4.30. The minimum absolute atomic E-state index is 0.197. The Labute approximate surface area is 94.0 Å². The van der Waals surface area contributed by atoms with Crippen LogP contribution in [0.1, 0.15) is 11.1 Å². The standard InChI is InChI=1S/C11H15N3O2/c1-8-9(5-13-6-10(12)7-13)3-2-4-11(8)14(15)16/h2-4,10H,5-7,12H2,1H3. The summed E-state index contributed by atoms with van der Waals surface area (Å²) in [6.07, 6.45) is 0. The highest BCUT2D eigenvalue weighted by Gasteiger charge is 2.24. The van der Waals surface area contributed by atoms with Crippen molar-refractivity contribution in [2.75, 3.05) is 13.1 Å². The number of benzene rings is 1. The smallest absolute Gasteiger partial charge is 0.272 e. The second-order valence-corrected chi connectivity index (χ2v) is 4.27. The first-order chi connectivity index (χ1) is 7.58. The Morgan fingerprint density at radius 2 is 2.25 bits per heavy atom. The molecule has 86 valence electrons. The molecule has 1 aromatic rings. The monoisotopic (exact) mass is 221 g/mol. The van der Waals surface area contributed by atoms with Crippen molar-refractivity contribution in [2.24, 2.45) is 5.73 Å². The maximum atomic E-state index is 10.8. The molecular formula is C11H15N3O2. The van der Waals surface area contributed by atoms with Gasteiger partial charge in [0.2, 0.25) is 0 Å². The van der Waals surface area contributed by atoms with Crippen molar-refractivity contribution in [3.63, 3.8) is 0 Å². The molecule has 1 aromatic carbocycles. The van der Waals surface area contributed by atoms with E-state index in [0.29, 0.717) is 0 Å². The van der Waals surface area contributed by atoms with E-state index in [0.717, 1.165) is 30.8 Å². The van der Waals surface area contributed by atoms with Gasteiger partial charge in [0.25, 0.3) is 5.69 Å². The normalized spacial score (nSPS) is 17.1. The van der Waals surface area contributed by atoms with Crippen molar-refractivity contribution in [1.29, 1.82) is 0 Å². The summed E-state index contributed by atoms with van der Waals surface area (Å²) >= 11 is 0. The molecule has 1 aliphatic heterocycles. The third-order valence-electron chi connectivity index (χ3n) is 2.99. The van der Waals surface area contributed by atoms with Gasteiger partial charge in [-0.15, -0.1) is 0 Å². The zero-order valence-corrected chi connectivity index (χ0v) is 9.22. The molecule has 16 heavy (non-hydrogen) atoms. The lowest BCUT2D eigenvalue weighted by Gasteiger charge is -2.37. The summed E-state index contributed by atoms with van der Waals surface area (Å²) in [4.78, 5) is 12.6. The first-order valence-electron chi connectivity index (χ1n) is 5.28. The molecule has 5 nitrogen and oxygen atoms in total. The Bertz CT molecular complexity index is 414. The van der Waals surface area contributed by atoms with E-state index in [1.165, 1.54) is 0 Å². The average molecular weight is 221 g/mol. The van der Waals surface area contributed by atoms with Gasteiger partial charge in [0.1, 0.15) is 0 Å². The molecule has 1 aliphatic rings. The van der Waals surface area contributed by atoms with Crippen molar-refractivity contribution in [3.05, 3.63) is 39.4 Å². The highest BCUT2D eigenvalue weighted by molar-refractivity contribution is 5.44. The topological polar surface area (TPSA) is 72.4 Å². The average Bonchev–Trinajstić information content (AvgIpc) is 2.18. The molecule has 5 heteroatoms. The first kappa shape index (κ1) is 11.0. The third-order valence-corrected chi connectivity index (χ3v) is 2.99. The van der Waals surface area contributed by atoms with E-state index in [9.17, 15) is 10.1 Å². The van der Waals surface area contributed by atoms with Crippen molar-refractivity contribution >= 4 is 5.69 Å². The van der Waals surface area contributed by atoms with E-state index < -0.39 is 0 Å². The van der Waals surface area contributed by atoms with Crippen LogP contribution in [0.15, 0.2) is 18.2 Å². The number of nitrogens with zero attached hydrogens (tertiary/aromatic N) is 2. The molecular weight excluding hydrogens is 206 g/mol. The molecule has 2 N–H and O–H groups in total. The molecule has 1 fully saturated rings. The second-order valence-electron chi connectivity index (χ2n) is 4.27. The molecule has 0 aromatic heterocycles. The van der Waals surface area contributed by atoms with Crippen LogP contribution in [0.25, 0.3) is 0 Å². The minimum atomic E-state index is -0.333. The fourth-order valence-corrected chi connectivity index (χ4v) is 2.02. The SMILES string of the molecule is Cc1c(CN2CC(N)C2)cccc1[N+](=O)[O-]. The first-order valence-corrected chi connectivity index (χ1v) is 5.28. The molecule has 0 bridgehead atoms. The van der Waals surface area contributed by atoms with Crippen LogP contribution in [-0.4, -0.2) is 29.0 Å². The second kappa shape index (κ2) is 4.19. The van der Waals surface area contributed by atoms with Crippen LogP contribution in [0, 0.1) is 17.0 Å². The van der Waals surface area contributed by atoms with Gasteiger partial charge in [-0.3, -0.25) is 15.0 Å². The van der Waals surface area contributed by atoms with Gasteiger partial charge in [-0.1, -0.05) is 12.1 Å². The van der Waals surface area contributed by atoms with E-state index in [-0.39, 0.29) is 16.7 Å². The van der Waals surface area contributed by atoms with Gasteiger partial charge < -0.3 is 5.73 Å². The molecule has 0 atom stereocenters. The van der Waals surface area contributed by atoms with Gasteiger partial charge in [-0.05, 0) is 12.5 Å². The van der Waals surface area contributed by atoms with Crippen molar-refractivity contribution in [1.82, 2.24) is 4.90 Å². The lowest BCUT2D eigenvalue weighted by molar-refractivity contribution is -0.385. The zero-order chi connectivity index (χ0) is 11.7. The van der Waals surface area contributed by atoms with Gasteiger partial charge in [0.05, 0.1) is 4.92 Å². The maximum Gasteiger partial charge on any atom is 0.272 e. The Hall–Kier alpha value is -1.46. The lowest BCUT2D eigenvalue weighted by atomic mass is 10.0. The zero-order valence-electron chi connectivity index (χ0n) is 9.22. The predicted octanol–water partition coefficient (Wildman–Crippen LogP) is 1.05. The van der Waals surface area contributed by atoms with Crippen molar-refractivity contribution < 1.29 is 4.92 Å². The summed E-state index contributed by atoms with van der Waals surface area (Å²) in [7, 11) is 0. The molecule has 0 spiro atoms. The molecule has 1 saturated heterocycles. The summed E-state index contributed by atoms with van der Waals surface area (Å²) < 4.78 is 0. The molecule has 0 aliphatic carbocycles. The van der Waals surface area contributed by atoms with E-state index in [4.69, 9.17) is 5.73 Å². The Morgan fingerprint density at radius 3 is 2.81 bits per heavy atom. The number of rotatable bonds is 3. The molecule has 2 rings (SSSR count). The van der Waals surface area contributed by atoms with Crippen LogP contribution in [0.2, 0.25) is 0 Å². The number of nitrogens with two attached hydrogens (primary N) is 1. The lowest BCUT2D eigenvalue weighted by Crippen LogP contribution is -2.54. The van der Waals surface area contributed by atoms with E-state index in [2.05, 4.69) is 4.90 Å². The Balaban J connectivity index is 2.15. The van der Waals surface area contributed by atoms with Gasteiger partial charge >= 0.3 is 0 Å². The summed E-state index contributed by atoms with van der Waals surface area (Å²) in [5, 5.41) is 10.8. The fraction of sp³-hybridized carbons (Fsp3) is 0.455. The number of hydrogen-bond acceptors (Lipinski definition) is 4. The van der Waals surface area contributed by atoms with Crippen LogP contribution in [0.3, 0.4) is 0 Å². The number of likely N-dealkylation sites (tertiary alicyclic amines) is 1. The molecule has 0 saturated carbocycles. The minimum Gasteiger partial charge on any atom is -0.325 e. The Morgan fingerprint density at radius 1 is 1.56 bits per heavy atom. The quantitative estimate of drug-likeness (QED) is 0.611. The van der Waals surface area contributed by atoms with Crippen molar-refractivity contribution in [3.8, 4) is 0 Å². The fourth-order valence-electron chi connectivity index (χ4n) is 2.02. The highest BCUT2D eigenvalue weighted by Crippen LogP contribution is 2.23. The maximum absolute atomic E-state index is 10.8. The largest absolute Gasteiger partial charge is 0.325 e. The van der Waals surface area contributed by atoms with E-state index in [1.54, 1.807) is 19.1 Å². The van der Waals surface area contributed by atoms with Gasteiger partial charge in [-0.2, -0.15) is 0 Å². The number of hydrogen-bond donors (Lipinski definition) is 1. The molecule has 1 heterocycles. The van der Waals surface area contributed by atoms with E-state index >= 15 is 0 Å². The summed E-state index contributed by atoms with van der Waals surface area (Å²) in [5.74, 6) is 0. The van der Waals surface area contributed by atoms with Crippen LogP contribution in [0.5, 0.6) is 0 Å². The van der Waals surface area contributed by atoms with Crippen LogP contribution in [-0.2, 0) is 6.54 Å². The van der Waals surface area contributed by atoms with E-state index in [1.807, 2.05) is 6.07 Å². The van der Waals surface area contributed by atoms with Crippen molar-refractivity contribution in [2.45, 2.75) is 19.5 Å². The van der Waals surface area contributed by atoms with Gasteiger partial charge in [-0.25, -0.2) is 0 Å². The molecule has 0 unspecified atom stereocenters. The van der Waals surface area contributed by atoms with Crippen LogP contribution in [0.4, 0.5) is 5.69 Å². The summed E-state index contributed by atoms with van der Waals surface area (Å²) in [6, 6.07) is 5.48. The highest BCUT2D eigenvalue weighted by atomic mass is 16.6.